The van der Waals surface area contributed by atoms with Crippen LogP contribution in [0.15, 0.2) is 24.3 Å². The number of anilines is 1. The van der Waals surface area contributed by atoms with Gasteiger partial charge >= 0.3 is 0 Å². The van der Waals surface area contributed by atoms with E-state index in [1.54, 1.807) is 7.11 Å². The molecule has 0 unspecified atom stereocenters. The van der Waals surface area contributed by atoms with Gasteiger partial charge in [-0.15, -0.1) is 0 Å². The monoisotopic (exact) mass is 272 g/mol. The molecule has 1 aromatic heterocycles. The quantitative estimate of drug-likeness (QED) is 0.909. The predicted molar refractivity (Wildman–Crippen MR) is 85.3 cm³/mol. The number of hydrogen-bond acceptors (Lipinski definition) is 3. The van der Waals surface area contributed by atoms with E-state index in [0.29, 0.717) is 6.61 Å². The van der Waals surface area contributed by atoms with Crippen molar-refractivity contribution in [3.8, 4) is 0 Å². The highest BCUT2D eigenvalue weighted by Gasteiger charge is 2.20. The van der Waals surface area contributed by atoms with Crippen LogP contribution in [0.4, 0.5) is 5.82 Å². The normalized spacial score (nSPS) is 11.8. The summed E-state index contributed by atoms with van der Waals surface area (Å²) >= 11 is 0. The van der Waals surface area contributed by atoms with Gasteiger partial charge in [-0.3, -0.25) is 0 Å². The molecule has 1 N–H and O–H groups in total. The van der Waals surface area contributed by atoms with Gasteiger partial charge in [-0.05, 0) is 18.4 Å². The van der Waals surface area contributed by atoms with Crippen molar-refractivity contribution < 1.29 is 4.74 Å². The van der Waals surface area contributed by atoms with E-state index in [0.717, 1.165) is 23.4 Å². The Morgan fingerprint density at radius 1 is 1.25 bits per heavy atom. The number of pyridine rings is 1. The summed E-state index contributed by atoms with van der Waals surface area (Å²) in [7, 11) is 1.72. The first kappa shape index (κ1) is 14.8. The Bertz CT molecular complexity index is 600. The smallest absolute Gasteiger partial charge is 0.130 e. The standard InChI is InChI=1S/C17H24N2O/c1-6-18-16-14(17(2,3)4)10-12-8-7-9-13(11-20-5)15(12)19-16/h7-10H,6,11H2,1-5H3,(H,18,19). The first-order chi connectivity index (χ1) is 9.47. The van der Waals surface area contributed by atoms with Gasteiger partial charge in [0.2, 0.25) is 0 Å². The Kier molecular flexibility index (Phi) is 4.29. The van der Waals surface area contributed by atoms with Crippen LogP contribution in [-0.2, 0) is 16.8 Å². The first-order valence-corrected chi connectivity index (χ1v) is 7.13. The molecule has 1 heterocycles. The minimum Gasteiger partial charge on any atom is -0.380 e. The summed E-state index contributed by atoms with van der Waals surface area (Å²) in [5.41, 5.74) is 3.47. The second-order valence-electron chi connectivity index (χ2n) is 6.09. The Morgan fingerprint density at radius 2 is 2.00 bits per heavy atom. The lowest BCUT2D eigenvalue weighted by Gasteiger charge is -2.23. The summed E-state index contributed by atoms with van der Waals surface area (Å²) < 4.78 is 5.27. The second kappa shape index (κ2) is 5.80. The Balaban J connectivity index is 2.68. The molecular weight excluding hydrogens is 248 g/mol. The van der Waals surface area contributed by atoms with Crippen LogP contribution in [0, 0.1) is 0 Å². The molecule has 0 aliphatic heterocycles. The number of methoxy groups -OCH3 is 1. The van der Waals surface area contributed by atoms with E-state index < -0.39 is 0 Å². The predicted octanol–water partition coefficient (Wildman–Crippen LogP) is 4.11. The van der Waals surface area contributed by atoms with Gasteiger partial charge in [0.1, 0.15) is 5.82 Å². The number of aromatic nitrogens is 1. The maximum Gasteiger partial charge on any atom is 0.130 e. The van der Waals surface area contributed by atoms with Crippen LogP contribution in [0.5, 0.6) is 0 Å². The number of rotatable bonds is 4. The molecule has 108 valence electrons. The summed E-state index contributed by atoms with van der Waals surface area (Å²) in [6.07, 6.45) is 0. The van der Waals surface area contributed by atoms with Crippen LogP contribution in [0.2, 0.25) is 0 Å². The highest BCUT2D eigenvalue weighted by Crippen LogP contribution is 2.32. The number of ether oxygens (including phenoxy) is 1. The van der Waals surface area contributed by atoms with Gasteiger partial charge in [0, 0.05) is 30.2 Å². The van der Waals surface area contributed by atoms with Gasteiger partial charge < -0.3 is 10.1 Å². The third-order valence-corrected chi connectivity index (χ3v) is 3.38. The zero-order valence-electron chi connectivity index (χ0n) is 13.1. The average molecular weight is 272 g/mol. The van der Waals surface area contributed by atoms with Crippen molar-refractivity contribution in [3.63, 3.8) is 0 Å². The lowest BCUT2D eigenvalue weighted by atomic mass is 9.86. The van der Waals surface area contributed by atoms with Crippen LogP contribution < -0.4 is 5.32 Å². The highest BCUT2D eigenvalue weighted by molar-refractivity contribution is 5.85. The molecule has 0 spiro atoms. The van der Waals surface area contributed by atoms with Crippen molar-refractivity contribution in [1.29, 1.82) is 0 Å². The molecule has 0 saturated heterocycles. The molecule has 20 heavy (non-hydrogen) atoms. The van der Waals surface area contributed by atoms with E-state index in [2.05, 4.69) is 57.3 Å². The van der Waals surface area contributed by atoms with E-state index in [9.17, 15) is 0 Å². The molecule has 2 aromatic rings. The van der Waals surface area contributed by atoms with Crippen molar-refractivity contribution in [2.75, 3.05) is 19.0 Å². The van der Waals surface area contributed by atoms with E-state index in [-0.39, 0.29) is 5.41 Å². The summed E-state index contributed by atoms with van der Waals surface area (Å²) in [5, 5.41) is 4.56. The van der Waals surface area contributed by atoms with Crippen molar-refractivity contribution in [1.82, 2.24) is 4.98 Å². The fourth-order valence-corrected chi connectivity index (χ4v) is 2.41. The van der Waals surface area contributed by atoms with Gasteiger partial charge in [-0.25, -0.2) is 4.98 Å². The molecule has 0 saturated carbocycles. The number of nitrogens with zero attached hydrogens (tertiary/aromatic N) is 1. The van der Waals surface area contributed by atoms with Crippen molar-refractivity contribution in [2.24, 2.45) is 0 Å². The largest absolute Gasteiger partial charge is 0.380 e. The van der Waals surface area contributed by atoms with Gasteiger partial charge in [-0.1, -0.05) is 39.0 Å². The van der Waals surface area contributed by atoms with E-state index in [1.165, 1.54) is 10.9 Å². The SMILES string of the molecule is CCNc1nc2c(COC)cccc2cc1C(C)(C)C. The molecule has 0 radical (unpaired) electrons. The average Bonchev–Trinajstić information content (AvgIpc) is 2.38. The number of nitrogens with one attached hydrogen (secondary N) is 1. The topological polar surface area (TPSA) is 34.2 Å². The summed E-state index contributed by atoms with van der Waals surface area (Å²) in [6, 6.07) is 8.51. The van der Waals surface area contributed by atoms with E-state index in [4.69, 9.17) is 9.72 Å². The molecule has 0 aliphatic carbocycles. The number of para-hydroxylation sites is 1. The summed E-state index contributed by atoms with van der Waals surface area (Å²) in [4.78, 5) is 4.86. The Hall–Kier alpha value is -1.61. The molecular formula is C17H24N2O. The number of benzene rings is 1. The fraction of sp³-hybridized carbons (Fsp3) is 0.471. The zero-order chi connectivity index (χ0) is 14.8. The Labute approximate surface area is 121 Å². The van der Waals surface area contributed by atoms with Gasteiger partial charge in [0.25, 0.3) is 0 Å². The molecule has 3 nitrogen and oxygen atoms in total. The summed E-state index contributed by atoms with van der Waals surface area (Å²) in [5.74, 6) is 0.982. The highest BCUT2D eigenvalue weighted by atomic mass is 16.5. The molecule has 2 rings (SSSR count). The lowest BCUT2D eigenvalue weighted by Crippen LogP contribution is -2.16. The second-order valence-corrected chi connectivity index (χ2v) is 6.09. The molecule has 0 bridgehead atoms. The number of fused-ring (bicyclic) bond motifs is 1. The third-order valence-electron chi connectivity index (χ3n) is 3.38. The van der Waals surface area contributed by atoms with E-state index >= 15 is 0 Å². The fourth-order valence-electron chi connectivity index (χ4n) is 2.41. The molecule has 0 aliphatic rings. The third kappa shape index (κ3) is 2.93. The molecule has 0 amide bonds. The minimum atomic E-state index is 0.0654. The lowest BCUT2D eigenvalue weighted by molar-refractivity contribution is 0.186. The van der Waals surface area contributed by atoms with Gasteiger partial charge in [-0.2, -0.15) is 0 Å². The molecule has 0 atom stereocenters. The Morgan fingerprint density at radius 3 is 2.60 bits per heavy atom. The van der Waals surface area contributed by atoms with Crippen LogP contribution in [0.25, 0.3) is 10.9 Å². The molecule has 0 fully saturated rings. The van der Waals surface area contributed by atoms with Crippen molar-refractivity contribution in [3.05, 3.63) is 35.4 Å². The first-order valence-electron chi connectivity index (χ1n) is 7.13. The van der Waals surface area contributed by atoms with Gasteiger partial charge in [0.15, 0.2) is 0 Å². The van der Waals surface area contributed by atoms with Crippen LogP contribution in [0.3, 0.4) is 0 Å². The molecule has 1 aromatic carbocycles. The van der Waals surface area contributed by atoms with Crippen LogP contribution >= 0.6 is 0 Å². The maximum atomic E-state index is 5.27. The van der Waals surface area contributed by atoms with Crippen molar-refractivity contribution in [2.45, 2.75) is 39.7 Å². The zero-order valence-corrected chi connectivity index (χ0v) is 13.1. The minimum absolute atomic E-state index is 0.0654. The molecule has 3 heteroatoms. The van der Waals surface area contributed by atoms with E-state index in [1.807, 2.05) is 0 Å². The van der Waals surface area contributed by atoms with Crippen LogP contribution in [0.1, 0.15) is 38.8 Å². The maximum absolute atomic E-state index is 5.27. The number of hydrogen-bond donors (Lipinski definition) is 1. The van der Waals surface area contributed by atoms with Crippen LogP contribution in [-0.4, -0.2) is 18.6 Å². The van der Waals surface area contributed by atoms with Crippen molar-refractivity contribution >= 4 is 16.7 Å². The summed E-state index contributed by atoms with van der Waals surface area (Å²) in [6.45, 7) is 10.2. The van der Waals surface area contributed by atoms with Gasteiger partial charge in [0.05, 0.1) is 12.1 Å².